The molecule has 35 heavy (non-hydrogen) atoms. The van der Waals surface area contributed by atoms with Gasteiger partial charge in [-0.25, -0.2) is 0 Å². The van der Waals surface area contributed by atoms with Crippen molar-refractivity contribution < 1.29 is 18.1 Å². The maximum Gasteiger partial charge on any atom is 0.289 e. The van der Waals surface area contributed by atoms with Crippen molar-refractivity contribution in [3.63, 3.8) is 0 Å². The van der Waals surface area contributed by atoms with E-state index in [-0.39, 0.29) is 13.2 Å². The number of hydrogen-bond donors (Lipinski definition) is 0. The second kappa shape index (κ2) is 12.4. The summed E-state index contributed by atoms with van der Waals surface area (Å²) < 4.78 is 34.0. The smallest absolute Gasteiger partial charge is 0.289 e. The van der Waals surface area contributed by atoms with Crippen LogP contribution in [0.5, 0.6) is 0 Å². The summed E-state index contributed by atoms with van der Waals surface area (Å²) in [6.45, 7) is 9.84. The lowest BCUT2D eigenvalue weighted by Gasteiger charge is -2.26. The summed E-state index contributed by atoms with van der Waals surface area (Å²) in [5, 5.41) is 15.8. The SMILES string of the molecule is CC(C)=NN(C(/C=C/C#C[Si](C)(C)C)COCc1ccccc1)S(=O)(=O)c1ccccc1[N+](=O)[O-]. The molecule has 0 aromatic heterocycles. The Morgan fingerprint density at radius 1 is 1.14 bits per heavy atom. The average Bonchev–Trinajstić information content (AvgIpc) is 2.79. The van der Waals surface area contributed by atoms with Crippen LogP contribution in [0.4, 0.5) is 5.69 Å². The van der Waals surface area contributed by atoms with Crippen LogP contribution in [0.15, 0.2) is 76.7 Å². The Morgan fingerprint density at radius 2 is 1.77 bits per heavy atom. The summed E-state index contributed by atoms with van der Waals surface area (Å²) in [4.78, 5) is 10.4. The fourth-order valence-corrected chi connectivity index (χ4v) is 5.05. The third kappa shape index (κ3) is 8.79. The lowest BCUT2D eigenvalue weighted by atomic mass is 10.2. The van der Waals surface area contributed by atoms with E-state index in [1.807, 2.05) is 30.3 Å². The number of rotatable bonds is 10. The second-order valence-electron chi connectivity index (χ2n) is 9.00. The summed E-state index contributed by atoms with van der Waals surface area (Å²) in [6.07, 6.45) is 3.20. The minimum Gasteiger partial charge on any atom is -0.374 e. The van der Waals surface area contributed by atoms with E-state index < -0.39 is 39.6 Å². The average molecular weight is 514 g/mol. The molecule has 0 fully saturated rings. The monoisotopic (exact) mass is 513 g/mol. The minimum absolute atomic E-state index is 0.0311. The van der Waals surface area contributed by atoms with E-state index in [1.54, 1.807) is 26.0 Å². The Hall–Kier alpha value is -3.26. The van der Waals surface area contributed by atoms with Crippen molar-refractivity contribution >= 4 is 29.5 Å². The molecule has 2 aromatic carbocycles. The van der Waals surface area contributed by atoms with Crippen LogP contribution in [-0.4, -0.2) is 44.2 Å². The molecule has 10 heteroatoms. The topological polar surface area (TPSA) is 102 Å². The molecule has 0 heterocycles. The quantitative estimate of drug-likeness (QED) is 0.146. The van der Waals surface area contributed by atoms with E-state index in [4.69, 9.17) is 4.74 Å². The lowest BCUT2D eigenvalue weighted by Crippen LogP contribution is -2.39. The van der Waals surface area contributed by atoms with Crippen LogP contribution < -0.4 is 0 Å². The Morgan fingerprint density at radius 3 is 2.37 bits per heavy atom. The molecule has 0 aliphatic rings. The fourth-order valence-electron chi connectivity index (χ4n) is 2.91. The molecule has 2 aromatic rings. The zero-order valence-electron chi connectivity index (χ0n) is 20.6. The third-order valence-electron chi connectivity index (χ3n) is 4.42. The highest BCUT2D eigenvalue weighted by atomic mass is 32.2. The number of benzene rings is 2. The van der Waals surface area contributed by atoms with Gasteiger partial charge in [-0.05, 0) is 37.6 Å². The standard InChI is InChI=1S/C25H31N3O5SSi/c1-21(2)26-27(34(31,32)25-17-10-9-16-24(25)28(29)30)23(15-11-12-18-35(3,4)5)20-33-19-22-13-7-6-8-14-22/h6-11,13-17,23H,19-20H2,1-5H3/b15-11+. The Kier molecular flexibility index (Phi) is 9.95. The molecule has 0 bridgehead atoms. The summed E-state index contributed by atoms with van der Waals surface area (Å²) >= 11 is 0. The first-order valence-corrected chi connectivity index (χ1v) is 16.0. The zero-order valence-corrected chi connectivity index (χ0v) is 22.5. The molecular formula is C25H31N3O5SSi. The maximum atomic E-state index is 13.7. The number of sulfonamides is 1. The van der Waals surface area contributed by atoms with Gasteiger partial charge in [0.1, 0.15) is 14.1 Å². The van der Waals surface area contributed by atoms with Crippen molar-refractivity contribution in [2.75, 3.05) is 6.61 Å². The molecule has 0 radical (unpaired) electrons. The van der Waals surface area contributed by atoms with Gasteiger partial charge in [0, 0.05) is 11.8 Å². The summed E-state index contributed by atoms with van der Waals surface area (Å²) in [6, 6.07) is 13.8. The lowest BCUT2D eigenvalue weighted by molar-refractivity contribution is -0.387. The van der Waals surface area contributed by atoms with E-state index in [2.05, 4.69) is 36.2 Å². The molecule has 1 atom stereocenters. The molecule has 0 saturated carbocycles. The van der Waals surface area contributed by atoms with Gasteiger partial charge in [0.15, 0.2) is 4.90 Å². The fraction of sp³-hybridized carbons (Fsp3) is 0.320. The highest BCUT2D eigenvalue weighted by Crippen LogP contribution is 2.28. The predicted octanol–water partition coefficient (Wildman–Crippen LogP) is 5.00. The van der Waals surface area contributed by atoms with Crippen LogP contribution in [0.25, 0.3) is 0 Å². The van der Waals surface area contributed by atoms with Crippen molar-refractivity contribution in [3.8, 4) is 11.5 Å². The Bertz CT molecular complexity index is 1240. The number of hydrazone groups is 1. The van der Waals surface area contributed by atoms with Gasteiger partial charge in [0.25, 0.3) is 15.7 Å². The van der Waals surface area contributed by atoms with E-state index in [9.17, 15) is 18.5 Å². The van der Waals surface area contributed by atoms with Gasteiger partial charge in [-0.1, -0.05) is 68.0 Å². The summed E-state index contributed by atoms with van der Waals surface area (Å²) in [7, 11) is -6.04. The molecule has 1 unspecified atom stereocenters. The minimum atomic E-state index is -4.40. The first kappa shape index (κ1) is 28.0. The molecule has 0 aliphatic carbocycles. The molecule has 2 rings (SSSR count). The van der Waals surface area contributed by atoms with Gasteiger partial charge < -0.3 is 4.74 Å². The molecule has 186 valence electrons. The number of para-hydroxylation sites is 1. The van der Waals surface area contributed by atoms with E-state index in [0.29, 0.717) is 5.71 Å². The first-order valence-electron chi connectivity index (χ1n) is 11.0. The highest BCUT2D eigenvalue weighted by molar-refractivity contribution is 7.89. The Balaban J connectivity index is 2.50. The van der Waals surface area contributed by atoms with Crippen LogP contribution in [-0.2, 0) is 21.4 Å². The molecule has 0 amide bonds. The number of hydrogen-bond acceptors (Lipinski definition) is 6. The number of allylic oxidation sites excluding steroid dienone is 1. The van der Waals surface area contributed by atoms with Gasteiger partial charge in [0.05, 0.1) is 18.1 Å². The molecule has 0 saturated heterocycles. The number of nitrogens with zero attached hydrogens (tertiary/aromatic N) is 3. The normalized spacial score (nSPS) is 12.5. The zero-order chi connectivity index (χ0) is 26.1. The van der Waals surface area contributed by atoms with Crippen molar-refractivity contribution in [1.29, 1.82) is 0 Å². The molecule has 8 nitrogen and oxygen atoms in total. The van der Waals surface area contributed by atoms with Crippen molar-refractivity contribution in [2.45, 2.75) is 51.0 Å². The van der Waals surface area contributed by atoms with Gasteiger partial charge in [-0.2, -0.15) is 17.9 Å². The van der Waals surface area contributed by atoms with Gasteiger partial charge in [-0.15, -0.1) is 5.54 Å². The largest absolute Gasteiger partial charge is 0.374 e. The van der Waals surface area contributed by atoms with Crippen LogP contribution >= 0.6 is 0 Å². The molecular weight excluding hydrogens is 482 g/mol. The van der Waals surface area contributed by atoms with Crippen LogP contribution in [0.1, 0.15) is 19.4 Å². The van der Waals surface area contributed by atoms with Crippen LogP contribution in [0.3, 0.4) is 0 Å². The van der Waals surface area contributed by atoms with Crippen molar-refractivity contribution in [2.24, 2.45) is 5.10 Å². The summed E-state index contributed by atoms with van der Waals surface area (Å²) in [5.74, 6) is 2.99. The predicted molar refractivity (Wildman–Crippen MR) is 141 cm³/mol. The van der Waals surface area contributed by atoms with Crippen LogP contribution in [0.2, 0.25) is 19.6 Å². The Labute approximate surface area is 208 Å². The highest BCUT2D eigenvalue weighted by Gasteiger charge is 2.34. The molecule has 0 spiro atoms. The van der Waals surface area contributed by atoms with Crippen molar-refractivity contribution in [3.05, 3.63) is 82.4 Å². The van der Waals surface area contributed by atoms with Gasteiger partial charge in [0.2, 0.25) is 0 Å². The third-order valence-corrected chi connectivity index (χ3v) is 7.06. The molecule has 0 N–H and O–H groups in total. The second-order valence-corrected chi connectivity index (χ2v) is 15.5. The van der Waals surface area contributed by atoms with E-state index in [0.717, 1.165) is 16.0 Å². The van der Waals surface area contributed by atoms with Crippen molar-refractivity contribution in [1.82, 2.24) is 4.41 Å². The number of nitro groups is 1. The molecule has 0 aliphatic heterocycles. The first-order chi connectivity index (χ1) is 16.4. The van der Waals surface area contributed by atoms with E-state index in [1.165, 1.54) is 18.2 Å². The van der Waals surface area contributed by atoms with Gasteiger partial charge >= 0.3 is 0 Å². The van der Waals surface area contributed by atoms with Gasteiger partial charge in [-0.3, -0.25) is 10.1 Å². The summed E-state index contributed by atoms with van der Waals surface area (Å²) in [5.41, 5.74) is 4.07. The van der Waals surface area contributed by atoms with E-state index >= 15 is 0 Å². The maximum absolute atomic E-state index is 13.7. The number of nitro benzene ring substituents is 1. The van der Waals surface area contributed by atoms with Crippen LogP contribution in [0, 0.1) is 21.6 Å². The number of ether oxygens (including phenoxy) is 1.